The van der Waals surface area contributed by atoms with E-state index in [4.69, 9.17) is 0 Å². The molecule has 1 amide bonds. The van der Waals surface area contributed by atoms with Crippen molar-refractivity contribution in [3.05, 3.63) is 0 Å². The second-order valence-electron chi connectivity index (χ2n) is 4.88. The number of alkyl halides is 3. The van der Waals surface area contributed by atoms with E-state index in [1.54, 1.807) is 5.32 Å². The van der Waals surface area contributed by atoms with Crippen LogP contribution in [0.15, 0.2) is 0 Å². The van der Waals surface area contributed by atoms with Gasteiger partial charge in [-0.2, -0.15) is 13.2 Å². The first-order valence-corrected chi connectivity index (χ1v) is 5.14. The summed E-state index contributed by atoms with van der Waals surface area (Å²) in [6, 6.07) is 0. The number of nitrogens with one attached hydrogen (secondary N) is 2. The van der Waals surface area contributed by atoms with Crippen LogP contribution < -0.4 is 10.6 Å². The normalized spacial score (nSPS) is 12.6. The molecule has 0 atom stereocenters. The van der Waals surface area contributed by atoms with Crippen molar-refractivity contribution in [3.63, 3.8) is 0 Å². The Kier molecular flexibility index (Phi) is 5.78. The van der Waals surface area contributed by atoms with E-state index in [-0.39, 0.29) is 12.0 Å². The molecule has 6 heteroatoms. The smallest absolute Gasteiger partial charge is 0.346 e. The minimum absolute atomic E-state index is 0.0772. The minimum Gasteiger partial charge on any atom is -0.346 e. The van der Waals surface area contributed by atoms with Crippen molar-refractivity contribution < 1.29 is 18.0 Å². The number of halogens is 3. The molecule has 0 aromatic carbocycles. The second-order valence-corrected chi connectivity index (χ2v) is 4.88. The highest BCUT2D eigenvalue weighted by atomic mass is 19.4. The first-order chi connectivity index (χ1) is 7.10. The molecule has 0 rings (SSSR count). The molecular formula is C10H19F3N2O. The maximum absolute atomic E-state index is 11.7. The monoisotopic (exact) mass is 240 g/mol. The molecule has 0 saturated heterocycles. The third-order valence-corrected chi connectivity index (χ3v) is 1.82. The van der Waals surface area contributed by atoms with Crippen molar-refractivity contribution in [3.8, 4) is 0 Å². The van der Waals surface area contributed by atoms with Gasteiger partial charge in [0, 0.05) is 0 Å². The number of carbonyl (C=O) groups is 1. The number of amides is 1. The Morgan fingerprint density at radius 2 is 1.75 bits per heavy atom. The Bertz CT molecular complexity index is 221. The average molecular weight is 240 g/mol. The standard InChI is InChI=1S/C10H19F3N2O/c1-9(2,3)4-5-14-6-8(16)15-7-10(11,12)13/h14H,4-7H2,1-3H3,(H,15,16). The van der Waals surface area contributed by atoms with Crippen molar-refractivity contribution >= 4 is 5.91 Å². The van der Waals surface area contributed by atoms with Crippen LogP contribution in [0.25, 0.3) is 0 Å². The molecule has 0 aliphatic rings. The van der Waals surface area contributed by atoms with Gasteiger partial charge < -0.3 is 10.6 Å². The lowest BCUT2D eigenvalue weighted by Gasteiger charge is -2.18. The molecule has 0 fully saturated rings. The molecule has 0 aliphatic heterocycles. The Morgan fingerprint density at radius 1 is 1.19 bits per heavy atom. The van der Waals surface area contributed by atoms with E-state index in [2.05, 4.69) is 26.1 Å². The van der Waals surface area contributed by atoms with Crippen LogP contribution in [-0.4, -0.2) is 31.7 Å². The van der Waals surface area contributed by atoms with Crippen LogP contribution in [0.3, 0.4) is 0 Å². The highest BCUT2D eigenvalue weighted by Crippen LogP contribution is 2.16. The lowest BCUT2D eigenvalue weighted by molar-refractivity contribution is -0.137. The topological polar surface area (TPSA) is 41.1 Å². The first-order valence-electron chi connectivity index (χ1n) is 5.14. The van der Waals surface area contributed by atoms with Gasteiger partial charge in [0.05, 0.1) is 6.54 Å². The average Bonchev–Trinajstić information content (AvgIpc) is 2.06. The van der Waals surface area contributed by atoms with Crippen LogP contribution in [0, 0.1) is 5.41 Å². The van der Waals surface area contributed by atoms with Crippen LogP contribution in [0.4, 0.5) is 13.2 Å². The Morgan fingerprint density at radius 3 is 2.19 bits per heavy atom. The van der Waals surface area contributed by atoms with E-state index < -0.39 is 18.6 Å². The Balaban J connectivity index is 3.52. The molecule has 0 saturated carbocycles. The Hall–Kier alpha value is -0.780. The van der Waals surface area contributed by atoms with E-state index >= 15 is 0 Å². The second kappa shape index (κ2) is 6.08. The molecule has 0 aromatic rings. The largest absolute Gasteiger partial charge is 0.405 e. The first kappa shape index (κ1) is 15.2. The zero-order chi connectivity index (χ0) is 12.8. The van der Waals surface area contributed by atoms with Crippen LogP contribution in [-0.2, 0) is 4.79 Å². The summed E-state index contributed by atoms with van der Waals surface area (Å²) in [6.45, 7) is 5.43. The number of hydrogen-bond donors (Lipinski definition) is 2. The number of rotatable bonds is 5. The summed E-state index contributed by atoms with van der Waals surface area (Å²) in [5, 5.41) is 4.59. The molecule has 0 spiro atoms. The van der Waals surface area contributed by atoms with Gasteiger partial charge in [-0.1, -0.05) is 20.8 Å². The molecule has 0 heterocycles. The lowest BCUT2D eigenvalue weighted by Crippen LogP contribution is -2.39. The molecule has 96 valence electrons. The summed E-state index contributed by atoms with van der Waals surface area (Å²) in [7, 11) is 0. The molecule has 0 aromatic heterocycles. The molecule has 0 aliphatic carbocycles. The molecule has 3 nitrogen and oxygen atoms in total. The van der Waals surface area contributed by atoms with Gasteiger partial charge in [-0.15, -0.1) is 0 Å². The molecule has 2 N–H and O–H groups in total. The van der Waals surface area contributed by atoms with Crippen molar-refractivity contribution in [1.29, 1.82) is 0 Å². The third-order valence-electron chi connectivity index (χ3n) is 1.82. The van der Waals surface area contributed by atoms with E-state index in [0.29, 0.717) is 6.54 Å². The van der Waals surface area contributed by atoms with Gasteiger partial charge in [0.1, 0.15) is 6.54 Å². The van der Waals surface area contributed by atoms with Gasteiger partial charge in [0.25, 0.3) is 0 Å². The van der Waals surface area contributed by atoms with Crippen LogP contribution >= 0.6 is 0 Å². The van der Waals surface area contributed by atoms with E-state index in [1.807, 2.05) is 0 Å². The molecule has 0 unspecified atom stereocenters. The maximum Gasteiger partial charge on any atom is 0.405 e. The summed E-state index contributed by atoms with van der Waals surface area (Å²) in [5.41, 5.74) is 0.148. The van der Waals surface area contributed by atoms with Crippen LogP contribution in [0.2, 0.25) is 0 Å². The zero-order valence-corrected chi connectivity index (χ0v) is 9.87. The van der Waals surface area contributed by atoms with E-state index in [1.165, 1.54) is 0 Å². The Labute approximate surface area is 93.8 Å². The summed E-state index contributed by atoms with van der Waals surface area (Å²) in [4.78, 5) is 10.9. The van der Waals surface area contributed by atoms with Gasteiger partial charge >= 0.3 is 6.18 Å². The van der Waals surface area contributed by atoms with Crippen molar-refractivity contribution in [2.75, 3.05) is 19.6 Å². The van der Waals surface area contributed by atoms with Gasteiger partial charge in [0.15, 0.2) is 0 Å². The van der Waals surface area contributed by atoms with Gasteiger partial charge in [-0.3, -0.25) is 4.79 Å². The van der Waals surface area contributed by atoms with E-state index in [9.17, 15) is 18.0 Å². The quantitative estimate of drug-likeness (QED) is 0.718. The summed E-state index contributed by atoms with van der Waals surface area (Å²) in [6.07, 6.45) is -3.49. The van der Waals surface area contributed by atoms with Gasteiger partial charge in [-0.05, 0) is 18.4 Å². The maximum atomic E-state index is 11.7. The fraction of sp³-hybridized carbons (Fsp3) is 0.900. The van der Waals surface area contributed by atoms with Crippen LogP contribution in [0.5, 0.6) is 0 Å². The fourth-order valence-electron chi connectivity index (χ4n) is 0.927. The summed E-state index contributed by atoms with van der Waals surface area (Å²) >= 11 is 0. The van der Waals surface area contributed by atoms with Crippen molar-refractivity contribution in [1.82, 2.24) is 10.6 Å². The van der Waals surface area contributed by atoms with Crippen molar-refractivity contribution in [2.45, 2.75) is 33.4 Å². The molecule has 0 radical (unpaired) electrons. The third kappa shape index (κ3) is 11.3. The predicted octanol–water partition coefficient (Wildman–Crippen LogP) is 1.69. The molecular weight excluding hydrogens is 221 g/mol. The predicted molar refractivity (Wildman–Crippen MR) is 56.0 cm³/mol. The highest BCUT2D eigenvalue weighted by Gasteiger charge is 2.27. The fourth-order valence-corrected chi connectivity index (χ4v) is 0.927. The lowest BCUT2D eigenvalue weighted by atomic mass is 9.92. The van der Waals surface area contributed by atoms with Crippen LogP contribution in [0.1, 0.15) is 27.2 Å². The SMILES string of the molecule is CC(C)(C)CCNCC(=O)NCC(F)(F)F. The highest BCUT2D eigenvalue weighted by molar-refractivity contribution is 5.77. The van der Waals surface area contributed by atoms with Gasteiger partial charge in [-0.25, -0.2) is 0 Å². The number of carbonyl (C=O) groups excluding carboxylic acids is 1. The molecule has 0 bridgehead atoms. The van der Waals surface area contributed by atoms with Crippen molar-refractivity contribution in [2.24, 2.45) is 5.41 Å². The summed E-state index contributed by atoms with van der Waals surface area (Å²) < 4.78 is 35.2. The minimum atomic E-state index is -4.35. The molecule has 16 heavy (non-hydrogen) atoms. The van der Waals surface area contributed by atoms with E-state index in [0.717, 1.165) is 6.42 Å². The summed E-state index contributed by atoms with van der Waals surface area (Å²) in [5.74, 6) is -0.633. The zero-order valence-electron chi connectivity index (χ0n) is 9.87. The number of hydrogen-bond acceptors (Lipinski definition) is 2. The van der Waals surface area contributed by atoms with Gasteiger partial charge in [0.2, 0.25) is 5.91 Å².